The van der Waals surface area contributed by atoms with Crippen molar-refractivity contribution < 1.29 is 0 Å². The number of rotatable bonds is 3. The first-order chi connectivity index (χ1) is 5.76. The highest BCUT2D eigenvalue weighted by Gasteiger charge is 1.94. The third-order valence-corrected chi connectivity index (χ3v) is 3.35. The molecule has 1 heterocycles. The van der Waals surface area contributed by atoms with E-state index in [0.29, 0.717) is 0 Å². The molecule has 0 bridgehead atoms. The normalized spacial score (nSPS) is 12.1. The first-order valence-corrected chi connectivity index (χ1v) is 6.07. The van der Waals surface area contributed by atoms with Crippen molar-refractivity contribution in [2.24, 2.45) is 0 Å². The van der Waals surface area contributed by atoms with E-state index in [1.54, 1.807) is 0 Å². The molecule has 1 rings (SSSR count). The van der Waals surface area contributed by atoms with Crippen molar-refractivity contribution in [3.63, 3.8) is 0 Å². The highest BCUT2D eigenvalue weighted by atomic mass is 79.9. The Labute approximate surface area is 86.4 Å². The zero-order valence-corrected chi connectivity index (χ0v) is 9.83. The smallest absolute Gasteiger partial charge is 0.0245 e. The Hall–Kier alpha value is -0.0800. The first kappa shape index (κ1) is 10.0. The second kappa shape index (κ2) is 4.83. The summed E-state index contributed by atoms with van der Waals surface area (Å²) in [6, 6.07) is 2.23. The maximum absolute atomic E-state index is 3.48. The van der Waals surface area contributed by atoms with Crippen LogP contribution < -0.4 is 0 Å². The largest absolute Gasteiger partial charge is 0.149 e. The van der Waals surface area contributed by atoms with Crippen LogP contribution in [0.15, 0.2) is 17.0 Å². The van der Waals surface area contributed by atoms with Gasteiger partial charge < -0.3 is 0 Å². The molecule has 0 saturated heterocycles. The number of hydrogen-bond acceptors (Lipinski definition) is 1. The van der Waals surface area contributed by atoms with Crippen LogP contribution in [0, 0.1) is 6.92 Å². The van der Waals surface area contributed by atoms with Gasteiger partial charge in [-0.2, -0.15) is 0 Å². The van der Waals surface area contributed by atoms with Crippen molar-refractivity contribution in [3.05, 3.63) is 27.5 Å². The van der Waals surface area contributed by atoms with Gasteiger partial charge in [-0.15, -0.1) is 11.3 Å². The second-order valence-corrected chi connectivity index (χ2v) is 4.46. The fraction of sp³-hybridized carbons (Fsp3) is 0.400. The van der Waals surface area contributed by atoms with E-state index in [2.05, 4.69) is 47.3 Å². The van der Waals surface area contributed by atoms with E-state index < -0.39 is 0 Å². The molecule has 0 aliphatic carbocycles. The molecule has 1 aromatic rings. The van der Waals surface area contributed by atoms with Crippen LogP contribution in [0.3, 0.4) is 0 Å². The Morgan fingerprint density at radius 1 is 1.67 bits per heavy atom. The maximum Gasteiger partial charge on any atom is 0.0245 e. The van der Waals surface area contributed by atoms with Crippen LogP contribution in [0.2, 0.25) is 0 Å². The van der Waals surface area contributed by atoms with Gasteiger partial charge in [0.2, 0.25) is 0 Å². The van der Waals surface area contributed by atoms with Crippen molar-refractivity contribution in [2.75, 3.05) is 5.33 Å². The third-order valence-electron chi connectivity index (χ3n) is 1.75. The van der Waals surface area contributed by atoms with Gasteiger partial charge in [-0.3, -0.25) is 0 Å². The van der Waals surface area contributed by atoms with E-state index in [1.807, 2.05) is 11.3 Å². The number of halogens is 1. The fourth-order valence-corrected chi connectivity index (χ4v) is 2.23. The van der Waals surface area contributed by atoms with Crippen LogP contribution in [-0.2, 0) is 0 Å². The lowest BCUT2D eigenvalue weighted by Gasteiger charge is -1.96. The second-order valence-electron chi connectivity index (χ2n) is 2.78. The lowest BCUT2D eigenvalue weighted by Crippen LogP contribution is -1.79. The predicted molar refractivity (Wildman–Crippen MR) is 61.1 cm³/mol. The topological polar surface area (TPSA) is 0 Å². The first-order valence-electron chi connectivity index (χ1n) is 4.06. The van der Waals surface area contributed by atoms with Crippen LogP contribution in [0.5, 0.6) is 0 Å². The van der Waals surface area contributed by atoms with Crippen LogP contribution in [0.25, 0.3) is 6.08 Å². The molecule has 0 fully saturated rings. The van der Waals surface area contributed by atoms with Crippen LogP contribution in [0.1, 0.15) is 23.8 Å². The Bertz CT molecular complexity index is 267. The van der Waals surface area contributed by atoms with Gasteiger partial charge in [0.05, 0.1) is 0 Å². The van der Waals surface area contributed by atoms with Gasteiger partial charge in [0.25, 0.3) is 0 Å². The summed E-state index contributed by atoms with van der Waals surface area (Å²) in [5.74, 6) is 0. The van der Waals surface area contributed by atoms with Gasteiger partial charge in [-0.05, 0) is 30.4 Å². The number of aryl methyl sites for hydroxylation is 1. The number of alkyl halides is 1. The highest BCUT2D eigenvalue weighted by molar-refractivity contribution is 9.09. The van der Waals surface area contributed by atoms with Crippen LogP contribution in [-0.4, -0.2) is 5.33 Å². The van der Waals surface area contributed by atoms with Gasteiger partial charge in [0.15, 0.2) is 0 Å². The summed E-state index contributed by atoms with van der Waals surface area (Å²) in [7, 11) is 0. The van der Waals surface area contributed by atoms with Crippen molar-refractivity contribution in [1.29, 1.82) is 0 Å². The Morgan fingerprint density at radius 2 is 2.42 bits per heavy atom. The third kappa shape index (κ3) is 2.76. The molecular formula is C10H13BrS. The number of thiophene rings is 1. The summed E-state index contributed by atoms with van der Waals surface area (Å²) >= 11 is 5.28. The summed E-state index contributed by atoms with van der Waals surface area (Å²) < 4.78 is 0. The molecule has 0 radical (unpaired) electrons. The minimum Gasteiger partial charge on any atom is -0.149 e. The lowest BCUT2D eigenvalue weighted by atomic mass is 10.1. The molecule has 0 aliphatic rings. The van der Waals surface area contributed by atoms with E-state index in [-0.39, 0.29) is 0 Å². The minimum atomic E-state index is 0.985. The molecule has 2 heteroatoms. The molecule has 12 heavy (non-hydrogen) atoms. The molecule has 0 nitrogen and oxygen atoms in total. The van der Waals surface area contributed by atoms with E-state index in [9.17, 15) is 0 Å². The van der Waals surface area contributed by atoms with Gasteiger partial charge in [-0.25, -0.2) is 0 Å². The van der Waals surface area contributed by atoms with Gasteiger partial charge in [0.1, 0.15) is 0 Å². The van der Waals surface area contributed by atoms with E-state index in [1.165, 1.54) is 16.0 Å². The summed E-state index contributed by atoms with van der Waals surface area (Å²) in [5, 5.41) is 3.19. The van der Waals surface area contributed by atoms with Crippen molar-refractivity contribution >= 4 is 33.3 Å². The molecule has 0 spiro atoms. The standard InChI is InChI=1S/C10H13BrS/c1-3-9(6-11)5-10-4-8(2)12-7-10/h4-5,7H,3,6H2,1-2H3/b9-5+. The molecular weight excluding hydrogens is 232 g/mol. The summed E-state index contributed by atoms with van der Waals surface area (Å²) in [4.78, 5) is 1.38. The SMILES string of the molecule is CC/C(=C\c1csc(C)c1)CBr. The Kier molecular flexibility index (Phi) is 4.02. The average Bonchev–Trinajstić information content (AvgIpc) is 2.47. The van der Waals surface area contributed by atoms with Crippen LogP contribution >= 0.6 is 27.3 Å². The zero-order valence-electron chi connectivity index (χ0n) is 7.43. The summed E-state index contributed by atoms with van der Waals surface area (Å²) in [6.45, 7) is 4.33. The van der Waals surface area contributed by atoms with Crippen molar-refractivity contribution in [1.82, 2.24) is 0 Å². The van der Waals surface area contributed by atoms with E-state index in [4.69, 9.17) is 0 Å². The molecule has 0 unspecified atom stereocenters. The van der Waals surface area contributed by atoms with Gasteiger partial charge in [0, 0.05) is 10.2 Å². The molecule has 0 atom stereocenters. The van der Waals surface area contributed by atoms with Crippen molar-refractivity contribution in [3.8, 4) is 0 Å². The van der Waals surface area contributed by atoms with E-state index >= 15 is 0 Å². The molecule has 0 aliphatic heterocycles. The fourth-order valence-electron chi connectivity index (χ4n) is 1.01. The predicted octanol–water partition coefficient (Wildman–Crippen LogP) is 4.24. The molecule has 0 amide bonds. The molecule has 0 aromatic carbocycles. The molecule has 1 aromatic heterocycles. The Balaban J connectivity index is 2.78. The molecule has 66 valence electrons. The zero-order chi connectivity index (χ0) is 8.97. The lowest BCUT2D eigenvalue weighted by molar-refractivity contribution is 1.12. The highest BCUT2D eigenvalue weighted by Crippen LogP contribution is 2.17. The molecule has 0 N–H and O–H groups in total. The van der Waals surface area contributed by atoms with Gasteiger partial charge in [-0.1, -0.05) is 34.5 Å². The molecule has 0 saturated carbocycles. The number of hydrogen-bond donors (Lipinski definition) is 0. The maximum atomic E-state index is 3.48. The quantitative estimate of drug-likeness (QED) is 0.698. The minimum absolute atomic E-state index is 0.985. The summed E-state index contributed by atoms with van der Waals surface area (Å²) in [6.07, 6.45) is 3.39. The Morgan fingerprint density at radius 3 is 2.83 bits per heavy atom. The number of allylic oxidation sites excluding steroid dienone is 1. The van der Waals surface area contributed by atoms with Crippen LogP contribution in [0.4, 0.5) is 0 Å². The monoisotopic (exact) mass is 244 g/mol. The van der Waals surface area contributed by atoms with E-state index in [0.717, 1.165) is 11.8 Å². The summed E-state index contributed by atoms with van der Waals surface area (Å²) in [5.41, 5.74) is 2.79. The van der Waals surface area contributed by atoms with Gasteiger partial charge >= 0.3 is 0 Å². The average molecular weight is 245 g/mol. The van der Waals surface area contributed by atoms with Crippen molar-refractivity contribution in [2.45, 2.75) is 20.3 Å².